The lowest BCUT2D eigenvalue weighted by molar-refractivity contribution is 0.468. The van der Waals surface area contributed by atoms with Gasteiger partial charge in [0.2, 0.25) is 0 Å². The van der Waals surface area contributed by atoms with Gasteiger partial charge < -0.3 is 5.73 Å². The number of hydrogen-bond donors (Lipinski definition) is 1. The molecule has 1 aliphatic rings. The van der Waals surface area contributed by atoms with E-state index in [-0.39, 0.29) is 12.4 Å². The first-order chi connectivity index (χ1) is 6.74. The Bertz CT molecular complexity index is 322. The Morgan fingerprint density at radius 2 is 1.87 bits per heavy atom. The predicted molar refractivity (Wildman–Crippen MR) is 67.7 cm³/mol. The van der Waals surface area contributed by atoms with Crippen LogP contribution < -0.4 is 5.73 Å². The monoisotopic (exact) mass is 225 g/mol. The van der Waals surface area contributed by atoms with Crippen molar-refractivity contribution in [1.82, 2.24) is 0 Å². The van der Waals surface area contributed by atoms with Crippen molar-refractivity contribution in [1.29, 1.82) is 0 Å². The molecule has 0 saturated carbocycles. The zero-order chi connectivity index (χ0) is 10.1. The standard InChI is InChI=1S/C13H19N.ClH/c1-9(2)13-7-10(8-14)11-5-3-4-6-12(11)13;/h3-6,9-10,13H,7-8,14H2,1-2H3;1H/t10-,13+;/m1./s1. The summed E-state index contributed by atoms with van der Waals surface area (Å²) in [6.07, 6.45) is 1.24. The summed E-state index contributed by atoms with van der Waals surface area (Å²) in [5, 5.41) is 0. The predicted octanol–water partition coefficient (Wildman–Crippen LogP) is 3.29. The Morgan fingerprint density at radius 1 is 1.27 bits per heavy atom. The van der Waals surface area contributed by atoms with Gasteiger partial charge in [0.05, 0.1) is 0 Å². The second-order valence-electron chi connectivity index (χ2n) is 4.65. The van der Waals surface area contributed by atoms with Crippen molar-refractivity contribution in [2.24, 2.45) is 11.7 Å². The molecule has 1 aromatic carbocycles. The van der Waals surface area contributed by atoms with Crippen LogP contribution in [-0.4, -0.2) is 6.54 Å². The molecule has 1 aliphatic carbocycles. The average Bonchev–Trinajstić information content (AvgIpc) is 2.56. The Hall–Kier alpha value is -0.530. The van der Waals surface area contributed by atoms with Crippen LogP contribution in [0.3, 0.4) is 0 Å². The van der Waals surface area contributed by atoms with Crippen molar-refractivity contribution >= 4 is 12.4 Å². The van der Waals surface area contributed by atoms with E-state index in [1.807, 2.05) is 0 Å². The van der Waals surface area contributed by atoms with Gasteiger partial charge in [0.25, 0.3) is 0 Å². The highest BCUT2D eigenvalue weighted by atomic mass is 35.5. The zero-order valence-corrected chi connectivity index (χ0v) is 10.3. The lowest BCUT2D eigenvalue weighted by Crippen LogP contribution is -2.10. The molecule has 0 radical (unpaired) electrons. The summed E-state index contributed by atoms with van der Waals surface area (Å²) in [5.41, 5.74) is 8.84. The van der Waals surface area contributed by atoms with Crippen LogP contribution in [0.15, 0.2) is 24.3 Å². The smallest absolute Gasteiger partial charge is 0.000791 e. The highest BCUT2D eigenvalue weighted by Crippen LogP contribution is 2.44. The van der Waals surface area contributed by atoms with E-state index in [9.17, 15) is 0 Å². The summed E-state index contributed by atoms with van der Waals surface area (Å²) < 4.78 is 0. The van der Waals surface area contributed by atoms with Crippen molar-refractivity contribution in [3.8, 4) is 0 Å². The van der Waals surface area contributed by atoms with Crippen molar-refractivity contribution in [2.45, 2.75) is 32.1 Å². The van der Waals surface area contributed by atoms with Gasteiger partial charge in [-0.15, -0.1) is 12.4 Å². The molecule has 1 aromatic rings. The molecule has 0 aromatic heterocycles. The minimum atomic E-state index is 0. The third-order valence-electron chi connectivity index (χ3n) is 3.46. The molecule has 84 valence electrons. The lowest BCUT2D eigenvalue weighted by atomic mass is 9.90. The first-order valence-electron chi connectivity index (χ1n) is 5.53. The average molecular weight is 226 g/mol. The normalized spacial score (nSPS) is 23.7. The number of hydrogen-bond acceptors (Lipinski definition) is 1. The first-order valence-corrected chi connectivity index (χ1v) is 5.53. The van der Waals surface area contributed by atoms with Gasteiger partial charge in [-0.3, -0.25) is 0 Å². The molecule has 2 atom stereocenters. The van der Waals surface area contributed by atoms with Crippen molar-refractivity contribution in [3.63, 3.8) is 0 Å². The highest BCUT2D eigenvalue weighted by Gasteiger charge is 2.31. The van der Waals surface area contributed by atoms with E-state index in [1.54, 1.807) is 0 Å². The number of rotatable bonds is 2. The fourth-order valence-electron chi connectivity index (χ4n) is 2.64. The summed E-state index contributed by atoms with van der Waals surface area (Å²) in [6, 6.07) is 8.79. The van der Waals surface area contributed by atoms with Gasteiger partial charge >= 0.3 is 0 Å². The minimum Gasteiger partial charge on any atom is -0.330 e. The van der Waals surface area contributed by atoms with E-state index >= 15 is 0 Å². The first kappa shape index (κ1) is 12.5. The molecule has 0 saturated heterocycles. The second kappa shape index (κ2) is 5.00. The Morgan fingerprint density at radius 3 is 2.40 bits per heavy atom. The summed E-state index contributed by atoms with van der Waals surface area (Å²) in [4.78, 5) is 0. The molecular formula is C13H20ClN. The zero-order valence-electron chi connectivity index (χ0n) is 9.44. The van der Waals surface area contributed by atoms with Gasteiger partial charge in [-0.05, 0) is 41.8 Å². The number of benzene rings is 1. The van der Waals surface area contributed by atoms with E-state index in [0.29, 0.717) is 5.92 Å². The summed E-state index contributed by atoms with van der Waals surface area (Å²) in [6.45, 7) is 5.40. The topological polar surface area (TPSA) is 26.0 Å². The highest BCUT2D eigenvalue weighted by molar-refractivity contribution is 5.85. The molecule has 0 unspecified atom stereocenters. The molecule has 1 nitrogen and oxygen atoms in total. The molecule has 2 heteroatoms. The van der Waals surface area contributed by atoms with Crippen LogP contribution in [0.25, 0.3) is 0 Å². The van der Waals surface area contributed by atoms with E-state index in [1.165, 1.54) is 17.5 Å². The Balaban J connectivity index is 0.00000112. The molecule has 15 heavy (non-hydrogen) atoms. The van der Waals surface area contributed by atoms with Gasteiger partial charge in [-0.25, -0.2) is 0 Å². The van der Waals surface area contributed by atoms with Crippen molar-refractivity contribution in [3.05, 3.63) is 35.4 Å². The minimum absolute atomic E-state index is 0. The SMILES string of the molecule is CC(C)[C@@H]1C[C@H](CN)c2ccccc21.Cl. The maximum atomic E-state index is 5.81. The number of nitrogens with two attached hydrogens (primary N) is 1. The van der Waals surface area contributed by atoms with Crippen LogP contribution in [0.2, 0.25) is 0 Å². The Kier molecular flexibility index (Phi) is 4.18. The van der Waals surface area contributed by atoms with Crippen LogP contribution in [0.1, 0.15) is 43.2 Å². The van der Waals surface area contributed by atoms with Crippen LogP contribution >= 0.6 is 12.4 Å². The van der Waals surface area contributed by atoms with Crippen molar-refractivity contribution in [2.75, 3.05) is 6.54 Å². The van der Waals surface area contributed by atoms with E-state index in [4.69, 9.17) is 5.73 Å². The summed E-state index contributed by atoms with van der Waals surface area (Å²) in [5.74, 6) is 2.05. The quantitative estimate of drug-likeness (QED) is 0.822. The van der Waals surface area contributed by atoms with Crippen LogP contribution in [0.4, 0.5) is 0 Å². The molecule has 2 N–H and O–H groups in total. The molecule has 0 amide bonds. The molecule has 0 spiro atoms. The van der Waals surface area contributed by atoms with Gasteiger partial charge in [0, 0.05) is 0 Å². The molecule has 0 heterocycles. The number of fused-ring (bicyclic) bond motifs is 1. The third-order valence-corrected chi connectivity index (χ3v) is 3.46. The maximum absolute atomic E-state index is 5.81. The molecular weight excluding hydrogens is 206 g/mol. The third kappa shape index (κ3) is 2.19. The molecule has 0 bridgehead atoms. The van der Waals surface area contributed by atoms with Gasteiger partial charge in [-0.1, -0.05) is 38.1 Å². The van der Waals surface area contributed by atoms with Crippen molar-refractivity contribution < 1.29 is 0 Å². The fourth-order valence-corrected chi connectivity index (χ4v) is 2.64. The Labute approximate surface area is 98.5 Å². The second-order valence-corrected chi connectivity index (χ2v) is 4.65. The van der Waals surface area contributed by atoms with Gasteiger partial charge in [-0.2, -0.15) is 0 Å². The summed E-state index contributed by atoms with van der Waals surface area (Å²) >= 11 is 0. The maximum Gasteiger partial charge on any atom is -0.000791 e. The van der Waals surface area contributed by atoms with E-state index in [0.717, 1.165) is 18.4 Å². The van der Waals surface area contributed by atoms with Crippen LogP contribution in [0.5, 0.6) is 0 Å². The van der Waals surface area contributed by atoms with Gasteiger partial charge in [0.15, 0.2) is 0 Å². The molecule has 0 fully saturated rings. The van der Waals surface area contributed by atoms with E-state index < -0.39 is 0 Å². The van der Waals surface area contributed by atoms with Crippen LogP contribution in [0, 0.1) is 5.92 Å². The molecule has 2 rings (SSSR count). The summed E-state index contributed by atoms with van der Waals surface area (Å²) in [7, 11) is 0. The van der Waals surface area contributed by atoms with Gasteiger partial charge in [0.1, 0.15) is 0 Å². The van der Waals surface area contributed by atoms with Crippen LogP contribution in [-0.2, 0) is 0 Å². The molecule has 0 aliphatic heterocycles. The largest absolute Gasteiger partial charge is 0.330 e. The lowest BCUT2D eigenvalue weighted by Gasteiger charge is -2.15. The number of halogens is 1. The van der Waals surface area contributed by atoms with E-state index in [2.05, 4.69) is 38.1 Å². The fraction of sp³-hybridized carbons (Fsp3) is 0.538.